The number of nitrogens with two attached hydrogens (primary N) is 1. The van der Waals surface area contributed by atoms with Crippen LogP contribution in [0.5, 0.6) is 5.75 Å². The van der Waals surface area contributed by atoms with Gasteiger partial charge in [-0.3, -0.25) is 9.59 Å². The van der Waals surface area contributed by atoms with Gasteiger partial charge in [0.1, 0.15) is 5.75 Å². The molecule has 6 heteroatoms. The molecular weight excluding hydrogens is 330 g/mol. The third-order valence-electron chi connectivity index (χ3n) is 3.76. The Morgan fingerprint density at radius 2 is 1.73 bits per heavy atom. The quantitative estimate of drug-likeness (QED) is 0.675. The van der Waals surface area contributed by atoms with Gasteiger partial charge < -0.3 is 21.1 Å². The number of amides is 2. The Morgan fingerprint density at radius 3 is 2.35 bits per heavy atom. The van der Waals surface area contributed by atoms with E-state index in [1.807, 2.05) is 55.5 Å². The van der Waals surface area contributed by atoms with E-state index >= 15 is 0 Å². The summed E-state index contributed by atoms with van der Waals surface area (Å²) in [5.41, 5.74) is 8.43. The SMILES string of the molecule is Cc1ccc(NC(=O)COc2ccc(CCNC(=O)[C@H](C)N)cc2)cc1. The number of carbonyl (C=O) groups is 2. The number of ether oxygens (including phenoxy) is 1. The van der Waals surface area contributed by atoms with Crippen LogP contribution in [0.25, 0.3) is 0 Å². The first-order valence-electron chi connectivity index (χ1n) is 8.55. The zero-order valence-corrected chi connectivity index (χ0v) is 15.1. The molecule has 0 spiro atoms. The molecule has 2 rings (SSSR count). The molecule has 2 aromatic carbocycles. The van der Waals surface area contributed by atoms with Crippen LogP contribution in [0.15, 0.2) is 48.5 Å². The highest BCUT2D eigenvalue weighted by Gasteiger charge is 2.06. The molecule has 0 unspecified atom stereocenters. The van der Waals surface area contributed by atoms with E-state index < -0.39 is 6.04 Å². The zero-order valence-electron chi connectivity index (χ0n) is 15.1. The van der Waals surface area contributed by atoms with E-state index in [2.05, 4.69) is 10.6 Å². The number of hydrogen-bond donors (Lipinski definition) is 3. The second kappa shape index (κ2) is 9.58. The van der Waals surface area contributed by atoms with Crippen LogP contribution in [0.1, 0.15) is 18.1 Å². The van der Waals surface area contributed by atoms with Crippen LogP contribution in [0.4, 0.5) is 5.69 Å². The number of carbonyl (C=O) groups excluding carboxylic acids is 2. The van der Waals surface area contributed by atoms with Crippen molar-refractivity contribution in [2.75, 3.05) is 18.5 Å². The summed E-state index contributed by atoms with van der Waals surface area (Å²) < 4.78 is 5.49. The van der Waals surface area contributed by atoms with Crippen LogP contribution in [0.3, 0.4) is 0 Å². The molecule has 0 aromatic heterocycles. The van der Waals surface area contributed by atoms with Gasteiger partial charge in [0.15, 0.2) is 6.61 Å². The summed E-state index contributed by atoms with van der Waals surface area (Å²) in [6, 6.07) is 14.5. The smallest absolute Gasteiger partial charge is 0.262 e. The van der Waals surface area contributed by atoms with Gasteiger partial charge in [-0.2, -0.15) is 0 Å². The normalized spacial score (nSPS) is 11.5. The minimum Gasteiger partial charge on any atom is -0.484 e. The van der Waals surface area contributed by atoms with Crippen molar-refractivity contribution in [3.05, 3.63) is 59.7 Å². The van der Waals surface area contributed by atoms with Crippen LogP contribution < -0.4 is 21.1 Å². The van der Waals surface area contributed by atoms with E-state index in [4.69, 9.17) is 10.5 Å². The molecule has 2 amide bonds. The van der Waals surface area contributed by atoms with Crippen molar-refractivity contribution in [1.29, 1.82) is 0 Å². The van der Waals surface area contributed by atoms with Crippen molar-refractivity contribution in [2.45, 2.75) is 26.3 Å². The minimum atomic E-state index is -0.503. The molecule has 138 valence electrons. The highest BCUT2D eigenvalue weighted by molar-refractivity contribution is 5.91. The van der Waals surface area contributed by atoms with E-state index in [1.165, 1.54) is 0 Å². The van der Waals surface area contributed by atoms with Crippen molar-refractivity contribution in [2.24, 2.45) is 5.73 Å². The minimum absolute atomic E-state index is 0.0579. The Kier molecular flexibility index (Phi) is 7.17. The first-order valence-corrected chi connectivity index (χ1v) is 8.55. The summed E-state index contributed by atoms with van der Waals surface area (Å²) in [6.45, 7) is 4.11. The lowest BCUT2D eigenvalue weighted by atomic mass is 10.1. The average Bonchev–Trinajstić information content (AvgIpc) is 2.63. The van der Waals surface area contributed by atoms with Gasteiger partial charge in [-0.05, 0) is 50.1 Å². The number of aryl methyl sites for hydroxylation is 1. The predicted molar refractivity (Wildman–Crippen MR) is 102 cm³/mol. The van der Waals surface area contributed by atoms with Gasteiger partial charge in [0.05, 0.1) is 6.04 Å². The Morgan fingerprint density at radius 1 is 1.08 bits per heavy atom. The topological polar surface area (TPSA) is 93.5 Å². The number of anilines is 1. The van der Waals surface area contributed by atoms with Crippen molar-refractivity contribution >= 4 is 17.5 Å². The van der Waals surface area contributed by atoms with E-state index in [9.17, 15) is 9.59 Å². The lowest BCUT2D eigenvalue weighted by Gasteiger charge is -2.09. The molecule has 2 aromatic rings. The number of rotatable bonds is 8. The van der Waals surface area contributed by atoms with Crippen LogP contribution >= 0.6 is 0 Å². The molecular formula is C20H25N3O3. The van der Waals surface area contributed by atoms with Crippen LogP contribution in [0, 0.1) is 6.92 Å². The summed E-state index contributed by atoms with van der Waals surface area (Å²) in [4.78, 5) is 23.3. The maximum atomic E-state index is 11.9. The molecule has 0 saturated carbocycles. The Balaban J connectivity index is 1.73. The standard InChI is InChI=1S/C20H25N3O3/c1-14-3-7-17(8-4-14)23-19(24)13-26-18-9-5-16(6-10-18)11-12-22-20(25)15(2)21/h3-10,15H,11-13,21H2,1-2H3,(H,22,25)(H,23,24)/t15-/m0/s1. The average molecular weight is 355 g/mol. The van der Waals surface area contributed by atoms with Crippen molar-refractivity contribution in [3.8, 4) is 5.75 Å². The second-order valence-corrected chi connectivity index (χ2v) is 6.18. The Labute approximate surface area is 153 Å². The van der Waals surface area contributed by atoms with Gasteiger partial charge in [0.25, 0.3) is 5.91 Å². The molecule has 0 saturated heterocycles. The van der Waals surface area contributed by atoms with Gasteiger partial charge in [-0.25, -0.2) is 0 Å². The molecule has 0 bridgehead atoms. The van der Waals surface area contributed by atoms with Gasteiger partial charge >= 0.3 is 0 Å². The molecule has 0 aliphatic heterocycles. The van der Waals surface area contributed by atoms with Crippen LogP contribution in [-0.2, 0) is 16.0 Å². The number of nitrogens with one attached hydrogen (secondary N) is 2. The molecule has 6 nitrogen and oxygen atoms in total. The lowest BCUT2D eigenvalue weighted by molar-refractivity contribution is -0.122. The first kappa shape index (κ1) is 19.5. The van der Waals surface area contributed by atoms with E-state index in [0.29, 0.717) is 18.7 Å². The molecule has 4 N–H and O–H groups in total. The number of benzene rings is 2. The summed E-state index contributed by atoms with van der Waals surface area (Å²) in [6.07, 6.45) is 0.701. The summed E-state index contributed by atoms with van der Waals surface area (Å²) in [5.74, 6) is 0.244. The van der Waals surface area contributed by atoms with Crippen molar-refractivity contribution in [1.82, 2.24) is 5.32 Å². The fourth-order valence-electron chi connectivity index (χ4n) is 2.23. The molecule has 0 heterocycles. The first-order chi connectivity index (χ1) is 12.4. The van der Waals surface area contributed by atoms with E-state index in [1.54, 1.807) is 6.92 Å². The fourth-order valence-corrected chi connectivity index (χ4v) is 2.23. The van der Waals surface area contributed by atoms with Gasteiger partial charge in [0, 0.05) is 12.2 Å². The molecule has 1 atom stereocenters. The molecule has 0 fully saturated rings. The maximum Gasteiger partial charge on any atom is 0.262 e. The predicted octanol–water partition coefficient (Wildman–Crippen LogP) is 2.02. The Bertz CT molecular complexity index is 725. The highest BCUT2D eigenvalue weighted by Crippen LogP contribution is 2.13. The molecule has 0 radical (unpaired) electrons. The maximum absolute atomic E-state index is 11.9. The van der Waals surface area contributed by atoms with Gasteiger partial charge in [-0.1, -0.05) is 29.8 Å². The summed E-state index contributed by atoms with van der Waals surface area (Å²) >= 11 is 0. The van der Waals surface area contributed by atoms with Gasteiger partial charge in [-0.15, -0.1) is 0 Å². The molecule has 26 heavy (non-hydrogen) atoms. The van der Waals surface area contributed by atoms with Crippen LogP contribution in [-0.4, -0.2) is 31.0 Å². The highest BCUT2D eigenvalue weighted by atomic mass is 16.5. The summed E-state index contributed by atoms with van der Waals surface area (Å²) in [7, 11) is 0. The van der Waals surface area contributed by atoms with Crippen molar-refractivity contribution < 1.29 is 14.3 Å². The van der Waals surface area contributed by atoms with Crippen molar-refractivity contribution in [3.63, 3.8) is 0 Å². The van der Waals surface area contributed by atoms with E-state index in [0.717, 1.165) is 16.8 Å². The van der Waals surface area contributed by atoms with E-state index in [-0.39, 0.29) is 18.4 Å². The molecule has 0 aliphatic rings. The third-order valence-corrected chi connectivity index (χ3v) is 3.76. The molecule has 0 aliphatic carbocycles. The van der Waals surface area contributed by atoms with Gasteiger partial charge in [0.2, 0.25) is 5.91 Å². The zero-order chi connectivity index (χ0) is 18.9. The summed E-state index contributed by atoms with van der Waals surface area (Å²) in [5, 5.41) is 5.55. The third kappa shape index (κ3) is 6.57. The number of hydrogen-bond acceptors (Lipinski definition) is 4. The fraction of sp³-hybridized carbons (Fsp3) is 0.300. The van der Waals surface area contributed by atoms with Crippen LogP contribution in [0.2, 0.25) is 0 Å². The largest absolute Gasteiger partial charge is 0.484 e. The monoisotopic (exact) mass is 355 g/mol. The Hall–Kier alpha value is -2.86. The second-order valence-electron chi connectivity index (χ2n) is 6.18. The lowest BCUT2D eigenvalue weighted by Crippen LogP contribution is -2.39.